The van der Waals surface area contributed by atoms with Crippen LogP contribution in [0.25, 0.3) is 25.2 Å². The number of aromatic amines is 1. The summed E-state index contributed by atoms with van der Waals surface area (Å²) in [6.45, 7) is 1.95. The van der Waals surface area contributed by atoms with Gasteiger partial charge in [-0.1, -0.05) is 0 Å². The molecule has 0 saturated carbocycles. The van der Waals surface area contributed by atoms with Gasteiger partial charge in [0.25, 0.3) is 0 Å². The van der Waals surface area contributed by atoms with Crippen LogP contribution in [0.2, 0.25) is 0 Å². The Hall–Kier alpha value is -1.88. The molecule has 0 radical (unpaired) electrons. The van der Waals surface area contributed by atoms with E-state index in [0.717, 1.165) is 30.9 Å². The molecule has 0 saturated heterocycles. The molecule has 0 fully saturated rings. The van der Waals surface area contributed by atoms with Crippen molar-refractivity contribution in [1.29, 1.82) is 0 Å². The Kier molecular flexibility index (Phi) is 3.18. The fourth-order valence-electron chi connectivity index (χ4n) is 2.55. The summed E-state index contributed by atoms with van der Waals surface area (Å²) in [6.07, 6.45) is 0. The maximum absolute atomic E-state index is 12.2. The van der Waals surface area contributed by atoms with Crippen LogP contribution in [0.5, 0.6) is 0 Å². The number of hydrogen-bond donors (Lipinski definition) is 1. The SMILES string of the molecule is Cc1nn(-c2ccccc2)c2[se]c3c(=O)[nH]c(CCl)nc3c12. The molecule has 22 heavy (non-hydrogen) atoms. The Bertz CT molecular complexity index is 1050. The van der Waals surface area contributed by atoms with E-state index in [9.17, 15) is 4.79 Å². The van der Waals surface area contributed by atoms with E-state index >= 15 is 0 Å². The van der Waals surface area contributed by atoms with E-state index in [1.54, 1.807) is 0 Å². The third-order valence-electron chi connectivity index (χ3n) is 3.51. The molecule has 7 heteroatoms. The number of para-hydroxylation sites is 1. The van der Waals surface area contributed by atoms with E-state index in [1.165, 1.54) is 0 Å². The molecule has 1 aromatic carbocycles. The fourth-order valence-corrected chi connectivity index (χ4v) is 5.11. The van der Waals surface area contributed by atoms with Crippen LogP contribution in [0.4, 0.5) is 0 Å². The maximum atomic E-state index is 12.2. The molecule has 0 atom stereocenters. The van der Waals surface area contributed by atoms with Gasteiger partial charge in [-0.3, -0.25) is 0 Å². The zero-order valence-corrected chi connectivity index (χ0v) is 14.1. The van der Waals surface area contributed by atoms with Gasteiger partial charge in [0.2, 0.25) is 0 Å². The van der Waals surface area contributed by atoms with Crippen LogP contribution < -0.4 is 5.56 Å². The molecule has 0 amide bonds. The first-order valence-electron chi connectivity index (χ1n) is 6.71. The first kappa shape index (κ1) is 13.8. The van der Waals surface area contributed by atoms with Crippen molar-refractivity contribution < 1.29 is 0 Å². The predicted molar refractivity (Wildman–Crippen MR) is 88.2 cm³/mol. The molecule has 0 aliphatic carbocycles. The van der Waals surface area contributed by atoms with Gasteiger partial charge in [0.15, 0.2) is 0 Å². The van der Waals surface area contributed by atoms with Gasteiger partial charge < -0.3 is 0 Å². The van der Waals surface area contributed by atoms with Crippen molar-refractivity contribution in [2.75, 3.05) is 0 Å². The Labute approximate surface area is 136 Å². The zero-order chi connectivity index (χ0) is 15.3. The second-order valence-electron chi connectivity index (χ2n) is 4.94. The number of H-pyrrole nitrogens is 1. The Balaban J connectivity index is 2.13. The van der Waals surface area contributed by atoms with E-state index < -0.39 is 0 Å². The summed E-state index contributed by atoms with van der Waals surface area (Å²) < 4.78 is 3.74. The standard InChI is InChI=1S/C15H11ClN4OSe/c1-8-11-12-13(14(21)18-10(7-16)17-12)22-15(11)20(19-8)9-5-3-2-4-6-9/h2-6H,7H2,1H3,(H,17,18,21). The molecule has 110 valence electrons. The minimum absolute atomic E-state index is 0.0872. The van der Waals surface area contributed by atoms with Crippen LogP contribution >= 0.6 is 11.6 Å². The van der Waals surface area contributed by atoms with E-state index in [-0.39, 0.29) is 25.9 Å². The molecule has 5 nitrogen and oxygen atoms in total. The summed E-state index contributed by atoms with van der Waals surface area (Å²) in [5.41, 5.74) is 2.54. The van der Waals surface area contributed by atoms with Crippen molar-refractivity contribution in [3.05, 3.63) is 52.2 Å². The van der Waals surface area contributed by atoms with Crippen molar-refractivity contribution in [2.45, 2.75) is 12.8 Å². The predicted octanol–water partition coefficient (Wildman–Crippen LogP) is 2.37. The van der Waals surface area contributed by atoms with Crippen LogP contribution in [0.3, 0.4) is 0 Å². The Morgan fingerprint density at radius 3 is 2.82 bits per heavy atom. The quantitative estimate of drug-likeness (QED) is 0.431. The molecule has 4 rings (SSSR count). The zero-order valence-electron chi connectivity index (χ0n) is 11.6. The molecule has 3 aromatic heterocycles. The first-order valence-corrected chi connectivity index (χ1v) is 8.96. The summed E-state index contributed by atoms with van der Waals surface area (Å²) in [7, 11) is 0. The monoisotopic (exact) mass is 378 g/mol. The molecular weight excluding hydrogens is 367 g/mol. The van der Waals surface area contributed by atoms with Crippen LogP contribution in [0.15, 0.2) is 35.1 Å². The number of nitrogens with one attached hydrogen (secondary N) is 1. The Morgan fingerprint density at radius 2 is 2.09 bits per heavy atom. The van der Waals surface area contributed by atoms with Gasteiger partial charge in [0.05, 0.1) is 0 Å². The number of fused-ring (bicyclic) bond motifs is 3. The van der Waals surface area contributed by atoms with Gasteiger partial charge in [-0.2, -0.15) is 0 Å². The first-order chi connectivity index (χ1) is 10.7. The third kappa shape index (κ3) is 1.95. The topological polar surface area (TPSA) is 63.6 Å². The van der Waals surface area contributed by atoms with Crippen molar-refractivity contribution in [3.63, 3.8) is 0 Å². The molecule has 0 aliphatic heterocycles. The average molecular weight is 378 g/mol. The van der Waals surface area contributed by atoms with Crippen molar-refractivity contribution in [1.82, 2.24) is 19.7 Å². The number of rotatable bonds is 2. The van der Waals surface area contributed by atoms with Crippen LogP contribution in [-0.2, 0) is 5.88 Å². The van der Waals surface area contributed by atoms with Crippen LogP contribution in [0, 0.1) is 6.92 Å². The molecular formula is C15H11ClN4OSe. The van der Waals surface area contributed by atoms with Gasteiger partial charge in [-0.25, -0.2) is 0 Å². The van der Waals surface area contributed by atoms with Crippen molar-refractivity contribution >= 4 is 45.7 Å². The number of alkyl halides is 1. The van der Waals surface area contributed by atoms with Crippen LogP contribution in [0.1, 0.15) is 11.5 Å². The van der Waals surface area contributed by atoms with Gasteiger partial charge in [-0.15, -0.1) is 0 Å². The van der Waals surface area contributed by atoms with Crippen molar-refractivity contribution in [2.24, 2.45) is 0 Å². The average Bonchev–Trinajstić information content (AvgIpc) is 3.07. The number of benzene rings is 1. The Morgan fingerprint density at radius 1 is 1.32 bits per heavy atom. The molecule has 0 unspecified atom stereocenters. The number of aryl methyl sites for hydroxylation is 1. The molecule has 3 heterocycles. The van der Waals surface area contributed by atoms with E-state index in [0.29, 0.717) is 5.82 Å². The second-order valence-corrected chi connectivity index (χ2v) is 7.30. The minimum atomic E-state index is -0.118. The normalized spacial score (nSPS) is 11.5. The van der Waals surface area contributed by atoms with Gasteiger partial charge in [-0.05, 0) is 0 Å². The number of hydrogen-bond acceptors (Lipinski definition) is 3. The summed E-state index contributed by atoms with van der Waals surface area (Å²) in [5, 5.41) is 5.62. The van der Waals surface area contributed by atoms with E-state index in [2.05, 4.69) is 15.1 Å². The molecule has 0 spiro atoms. The van der Waals surface area contributed by atoms with Gasteiger partial charge >= 0.3 is 136 Å². The summed E-state index contributed by atoms with van der Waals surface area (Å²) >= 11 is 5.70. The second kappa shape index (κ2) is 5.09. The number of halogens is 1. The third-order valence-corrected chi connectivity index (χ3v) is 6.18. The summed E-state index contributed by atoms with van der Waals surface area (Å²) in [4.78, 5) is 19.5. The molecule has 0 bridgehead atoms. The number of aromatic nitrogens is 4. The molecule has 1 N–H and O–H groups in total. The van der Waals surface area contributed by atoms with E-state index in [1.807, 2.05) is 41.9 Å². The summed E-state index contributed by atoms with van der Waals surface area (Å²) in [6, 6.07) is 9.94. The van der Waals surface area contributed by atoms with Crippen molar-refractivity contribution in [3.8, 4) is 5.69 Å². The number of nitrogens with zero attached hydrogens (tertiary/aromatic N) is 3. The van der Waals surface area contributed by atoms with Crippen LogP contribution in [-0.4, -0.2) is 34.3 Å². The van der Waals surface area contributed by atoms with Gasteiger partial charge in [0.1, 0.15) is 0 Å². The summed E-state index contributed by atoms with van der Waals surface area (Å²) in [5.74, 6) is 0.692. The molecule has 0 aliphatic rings. The molecule has 4 aromatic rings. The van der Waals surface area contributed by atoms with E-state index in [4.69, 9.17) is 11.6 Å². The van der Waals surface area contributed by atoms with Gasteiger partial charge in [0, 0.05) is 0 Å². The fraction of sp³-hybridized carbons (Fsp3) is 0.133.